The summed E-state index contributed by atoms with van der Waals surface area (Å²) in [5.41, 5.74) is 6.36. The van der Waals surface area contributed by atoms with Gasteiger partial charge in [-0.25, -0.2) is 0 Å². The summed E-state index contributed by atoms with van der Waals surface area (Å²) in [7, 11) is 0. The van der Waals surface area contributed by atoms with E-state index in [1.807, 2.05) is 38.1 Å². The van der Waals surface area contributed by atoms with E-state index in [2.05, 4.69) is 10.5 Å². The molecular formula is C12H19N3O2. The molecule has 0 aliphatic heterocycles. The zero-order chi connectivity index (χ0) is 12.7. The van der Waals surface area contributed by atoms with Crippen LogP contribution in [-0.4, -0.2) is 23.7 Å². The summed E-state index contributed by atoms with van der Waals surface area (Å²) < 4.78 is 5.50. The average Bonchev–Trinajstić information content (AvgIpc) is 2.31. The number of anilines is 1. The van der Waals surface area contributed by atoms with E-state index >= 15 is 0 Å². The Balaban J connectivity index is 2.67. The number of oxime groups is 1. The summed E-state index contributed by atoms with van der Waals surface area (Å²) >= 11 is 0. The van der Waals surface area contributed by atoms with Gasteiger partial charge < -0.3 is 21.0 Å². The molecule has 4 N–H and O–H groups in total. The molecule has 17 heavy (non-hydrogen) atoms. The van der Waals surface area contributed by atoms with Crippen molar-refractivity contribution in [2.45, 2.75) is 26.3 Å². The Kier molecular flexibility index (Phi) is 5.13. The van der Waals surface area contributed by atoms with Crippen LogP contribution in [0.15, 0.2) is 29.4 Å². The molecule has 1 unspecified atom stereocenters. The second-order valence-electron chi connectivity index (χ2n) is 3.77. The number of amidine groups is 1. The molecule has 0 saturated heterocycles. The van der Waals surface area contributed by atoms with Crippen LogP contribution in [0.5, 0.6) is 5.75 Å². The molecule has 0 aliphatic rings. The maximum atomic E-state index is 8.50. The van der Waals surface area contributed by atoms with E-state index in [9.17, 15) is 0 Å². The van der Waals surface area contributed by atoms with Gasteiger partial charge in [0.15, 0.2) is 0 Å². The molecule has 0 heterocycles. The van der Waals surface area contributed by atoms with Crippen molar-refractivity contribution in [3.63, 3.8) is 0 Å². The maximum Gasteiger partial charge on any atom is 0.142 e. The minimum Gasteiger partial charge on any atom is -0.492 e. The highest BCUT2D eigenvalue weighted by Gasteiger charge is 2.08. The number of nitrogens with two attached hydrogens (primary N) is 1. The third kappa shape index (κ3) is 4.22. The molecule has 1 aromatic carbocycles. The normalized spacial score (nSPS) is 13.2. The number of hydrogen-bond donors (Lipinski definition) is 3. The Morgan fingerprint density at radius 1 is 1.53 bits per heavy atom. The smallest absolute Gasteiger partial charge is 0.142 e. The Bertz CT molecular complexity index is 380. The van der Waals surface area contributed by atoms with Crippen molar-refractivity contribution in [2.24, 2.45) is 10.9 Å². The number of benzene rings is 1. The molecule has 0 aliphatic carbocycles. The third-order valence-electron chi connectivity index (χ3n) is 2.23. The van der Waals surface area contributed by atoms with Crippen LogP contribution in [0, 0.1) is 0 Å². The van der Waals surface area contributed by atoms with Gasteiger partial charge in [-0.1, -0.05) is 17.3 Å². The van der Waals surface area contributed by atoms with E-state index in [-0.39, 0.29) is 11.9 Å². The number of nitrogens with one attached hydrogen (secondary N) is 1. The predicted molar refractivity (Wildman–Crippen MR) is 68.7 cm³/mol. The van der Waals surface area contributed by atoms with Crippen molar-refractivity contribution < 1.29 is 9.94 Å². The van der Waals surface area contributed by atoms with Crippen LogP contribution in [0.1, 0.15) is 20.3 Å². The molecule has 5 nitrogen and oxygen atoms in total. The fourth-order valence-electron chi connectivity index (χ4n) is 1.54. The largest absolute Gasteiger partial charge is 0.492 e. The van der Waals surface area contributed by atoms with Gasteiger partial charge in [0, 0.05) is 12.5 Å². The van der Waals surface area contributed by atoms with Crippen molar-refractivity contribution in [1.82, 2.24) is 0 Å². The summed E-state index contributed by atoms with van der Waals surface area (Å²) in [6, 6.07) is 7.76. The molecule has 0 saturated carbocycles. The van der Waals surface area contributed by atoms with Gasteiger partial charge in [0.25, 0.3) is 0 Å². The highest BCUT2D eigenvalue weighted by Crippen LogP contribution is 2.24. The Morgan fingerprint density at radius 3 is 2.88 bits per heavy atom. The van der Waals surface area contributed by atoms with E-state index in [0.29, 0.717) is 13.0 Å². The van der Waals surface area contributed by atoms with Gasteiger partial charge in [0.1, 0.15) is 11.6 Å². The molecule has 0 bridgehead atoms. The van der Waals surface area contributed by atoms with Crippen LogP contribution < -0.4 is 15.8 Å². The average molecular weight is 237 g/mol. The van der Waals surface area contributed by atoms with Crippen molar-refractivity contribution in [3.05, 3.63) is 24.3 Å². The van der Waals surface area contributed by atoms with Gasteiger partial charge in [-0.3, -0.25) is 0 Å². The Hall–Kier alpha value is -1.91. The van der Waals surface area contributed by atoms with E-state index < -0.39 is 0 Å². The number of para-hydroxylation sites is 2. The number of hydrogen-bond acceptors (Lipinski definition) is 4. The van der Waals surface area contributed by atoms with Crippen LogP contribution in [0.3, 0.4) is 0 Å². The highest BCUT2D eigenvalue weighted by atomic mass is 16.5. The fourth-order valence-corrected chi connectivity index (χ4v) is 1.54. The summed E-state index contributed by atoms with van der Waals surface area (Å²) in [6.07, 6.45) is 0.469. The van der Waals surface area contributed by atoms with E-state index in [4.69, 9.17) is 15.7 Å². The predicted octanol–water partition coefficient (Wildman–Crippen LogP) is 2.02. The Morgan fingerprint density at radius 2 is 2.24 bits per heavy atom. The lowest BCUT2D eigenvalue weighted by Crippen LogP contribution is -2.24. The van der Waals surface area contributed by atoms with Gasteiger partial charge >= 0.3 is 0 Å². The molecule has 0 radical (unpaired) electrons. The van der Waals surface area contributed by atoms with Crippen molar-refractivity contribution in [1.29, 1.82) is 0 Å². The van der Waals surface area contributed by atoms with Gasteiger partial charge in [-0.15, -0.1) is 0 Å². The lowest BCUT2D eigenvalue weighted by molar-refractivity contribution is 0.316. The summed E-state index contributed by atoms with van der Waals surface area (Å²) in [6.45, 7) is 4.52. The third-order valence-corrected chi connectivity index (χ3v) is 2.23. The molecule has 0 spiro atoms. The first-order valence-electron chi connectivity index (χ1n) is 5.62. The summed E-state index contributed by atoms with van der Waals surface area (Å²) in [5, 5.41) is 14.7. The van der Waals surface area contributed by atoms with Crippen LogP contribution in [0.4, 0.5) is 5.69 Å². The van der Waals surface area contributed by atoms with Gasteiger partial charge in [-0.05, 0) is 26.0 Å². The molecule has 1 rings (SSSR count). The molecule has 0 amide bonds. The molecule has 5 heteroatoms. The molecule has 1 atom stereocenters. The first-order valence-corrected chi connectivity index (χ1v) is 5.62. The van der Waals surface area contributed by atoms with E-state index in [0.717, 1.165) is 11.4 Å². The van der Waals surface area contributed by atoms with Gasteiger partial charge in [-0.2, -0.15) is 0 Å². The highest BCUT2D eigenvalue weighted by molar-refractivity contribution is 5.80. The molecule has 1 aromatic rings. The molecular weight excluding hydrogens is 218 g/mol. The first kappa shape index (κ1) is 13.2. The quantitative estimate of drug-likeness (QED) is 0.306. The minimum atomic E-state index is 0.0625. The van der Waals surface area contributed by atoms with E-state index in [1.165, 1.54) is 0 Å². The monoisotopic (exact) mass is 237 g/mol. The molecule has 0 fully saturated rings. The molecule has 0 aromatic heterocycles. The van der Waals surface area contributed by atoms with E-state index in [1.54, 1.807) is 0 Å². The van der Waals surface area contributed by atoms with Crippen molar-refractivity contribution in [3.8, 4) is 5.75 Å². The second kappa shape index (κ2) is 6.62. The topological polar surface area (TPSA) is 79.9 Å². The first-order chi connectivity index (χ1) is 8.17. The van der Waals surface area contributed by atoms with Crippen LogP contribution in [-0.2, 0) is 0 Å². The second-order valence-corrected chi connectivity index (χ2v) is 3.77. The lowest BCUT2D eigenvalue weighted by Gasteiger charge is -2.17. The zero-order valence-corrected chi connectivity index (χ0v) is 10.2. The minimum absolute atomic E-state index is 0.0625. The lowest BCUT2D eigenvalue weighted by atomic mass is 10.2. The zero-order valence-electron chi connectivity index (χ0n) is 10.2. The Labute approximate surface area is 101 Å². The van der Waals surface area contributed by atoms with Crippen molar-refractivity contribution in [2.75, 3.05) is 11.9 Å². The van der Waals surface area contributed by atoms with Crippen molar-refractivity contribution >= 4 is 11.5 Å². The fraction of sp³-hybridized carbons (Fsp3) is 0.417. The SMILES string of the molecule is CCOc1ccccc1NC(C)CC(N)=NO. The van der Waals surface area contributed by atoms with Crippen LogP contribution in [0.2, 0.25) is 0 Å². The maximum absolute atomic E-state index is 8.50. The standard InChI is InChI=1S/C12H19N3O2/c1-3-17-11-7-5-4-6-10(11)14-9(2)8-12(13)15-16/h4-7,9,14,16H,3,8H2,1-2H3,(H2,13,15). The van der Waals surface area contributed by atoms with Gasteiger partial charge in [0.2, 0.25) is 0 Å². The van der Waals surface area contributed by atoms with Gasteiger partial charge in [0.05, 0.1) is 12.3 Å². The van der Waals surface area contributed by atoms with Crippen LogP contribution >= 0.6 is 0 Å². The van der Waals surface area contributed by atoms with Crippen LogP contribution in [0.25, 0.3) is 0 Å². The number of rotatable bonds is 6. The number of nitrogens with zero attached hydrogens (tertiary/aromatic N) is 1. The molecule has 94 valence electrons. The summed E-state index contributed by atoms with van der Waals surface area (Å²) in [4.78, 5) is 0. The number of ether oxygens (including phenoxy) is 1. The summed E-state index contributed by atoms with van der Waals surface area (Å²) in [5.74, 6) is 1.01.